The van der Waals surface area contributed by atoms with Gasteiger partial charge in [-0.1, -0.05) is 19.1 Å². The summed E-state index contributed by atoms with van der Waals surface area (Å²) in [6, 6.07) is 7.74. The lowest BCUT2D eigenvalue weighted by Crippen LogP contribution is -2.28. The minimum absolute atomic E-state index is 0.141. The van der Waals surface area contributed by atoms with Crippen molar-refractivity contribution >= 4 is 5.97 Å². The van der Waals surface area contributed by atoms with Crippen LogP contribution in [-0.2, 0) is 16.0 Å². The molecule has 0 radical (unpaired) electrons. The smallest absolute Gasteiger partial charge is 0.309 e. The lowest BCUT2D eigenvalue weighted by Gasteiger charge is -2.22. The molecule has 0 saturated heterocycles. The van der Waals surface area contributed by atoms with Crippen molar-refractivity contribution in [3.05, 3.63) is 29.8 Å². The molecule has 0 aliphatic heterocycles. The summed E-state index contributed by atoms with van der Waals surface area (Å²) in [5.41, 5.74) is 0.680. The van der Waals surface area contributed by atoms with Gasteiger partial charge in [0.15, 0.2) is 0 Å². The monoisotopic (exact) mass is 250 g/mol. The first kappa shape index (κ1) is 14.6. The van der Waals surface area contributed by atoms with Crippen LogP contribution in [0.15, 0.2) is 24.3 Å². The van der Waals surface area contributed by atoms with Gasteiger partial charge >= 0.3 is 5.97 Å². The average Bonchev–Trinajstić information content (AvgIpc) is 2.27. The van der Waals surface area contributed by atoms with Crippen molar-refractivity contribution in [1.29, 1.82) is 0 Å². The van der Waals surface area contributed by atoms with Crippen molar-refractivity contribution in [2.45, 2.75) is 39.7 Å². The summed E-state index contributed by atoms with van der Waals surface area (Å²) in [6.45, 7) is 7.53. The van der Waals surface area contributed by atoms with Crippen LogP contribution in [0.4, 0.5) is 0 Å². The molecule has 18 heavy (non-hydrogen) atoms. The molecule has 1 rings (SSSR count). The fraction of sp³-hybridized carbons (Fsp3) is 0.533. The Morgan fingerprint density at radius 2 is 1.78 bits per heavy atom. The number of benzene rings is 1. The largest absolute Gasteiger partial charge is 0.497 e. The van der Waals surface area contributed by atoms with E-state index >= 15 is 0 Å². The average molecular weight is 250 g/mol. The third-order valence-corrected chi connectivity index (χ3v) is 2.51. The third-order valence-electron chi connectivity index (χ3n) is 2.51. The molecule has 0 fully saturated rings. The standard InChI is InChI=1S/C15H22O3/c1-11(14(16)18-15(2,3)4)10-12-6-8-13(17-5)9-7-12/h6-9,11H,10H2,1-5H3/t11-/m1/s1. The summed E-state index contributed by atoms with van der Waals surface area (Å²) in [5, 5.41) is 0. The van der Waals surface area contributed by atoms with Crippen molar-refractivity contribution in [2.75, 3.05) is 7.11 Å². The summed E-state index contributed by atoms with van der Waals surface area (Å²) >= 11 is 0. The molecule has 0 amide bonds. The molecule has 0 N–H and O–H groups in total. The van der Waals surface area contributed by atoms with E-state index in [0.29, 0.717) is 6.42 Å². The number of esters is 1. The number of hydrogen-bond acceptors (Lipinski definition) is 3. The molecule has 0 heterocycles. The number of carbonyl (C=O) groups is 1. The second-order valence-corrected chi connectivity index (χ2v) is 5.49. The van der Waals surface area contributed by atoms with Gasteiger partial charge < -0.3 is 9.47 Å². The summed E-state index contributed by atoms with van der Waals surface area (Å²) in [4.78, 5) is 11.8. The zero-order valence-electron chi connectivity index (χ0n) is 11.8. The van der Waals surface area contributed by atoms with Gasteiger partial charge in [-0.2, -0.15) is 0 Å². The number of methoxy groups -OCH3 is 1. The molecule has 3 nitrogen and oxygen atoms in total. The Balaban J connectivity index is 2.58. The molecule has 0 unspecified atom stereocenters. The zero-order chi connectivity index (χ0) is 13.8. The predicted octanol–water partition coefficient (Wildman–Crippen LogP) is 3.22. The molecule has 3 heteroatoms. The molecule has 0 aliphatic carbocycles. The Morgan fingerprint density at radius 1 is 1.22 bits per heavy atom. The highest BCUT2D eigenvalue weighted by Gasteiger charge is 2.21. The first-order chi connectivity index (χ1) is 8.31. The van der Waals surface area contributed by atoms with Crippen LogP contribution < -0.4 is 4.74 Å². The first-order valence-corrected chi connectivity index (χ1v) is 6.17. The molecule has 0 aliphatic rings. The molecular weight excluding hydrogens is 228 g/mol. The van der Waals surface area contributed by atoms with Crippen molar-refractivity contribution < 1.29 is 14.3 Å². The van der Waals surface area contributed by atoms with Gasteiger partial charge in [0, 0.05) is 0 Å². The number of carbonyl (C=O) groups excluding carboxylic acids is 1. The number of hydrogen-bond donors (Lipinski definition) is 0. The Hall–Kier alpha value is -1.51. The van der Waals surface area contributed by atoms with Crippen molar-refractivity contribution in [2.24, 2.45) is 5.92 Å². The van der Waals surface area contributed by atoms with Crippen molar-refractivity contribution in [3.8, 4) is 5.75 Å². The summed E-state index contributed by atoms with van der Waals surface area (Å²) < 4.78 is 10.4. The zero-order valence-corrected chi connectivity index (χ0v) is 11.8. The summed E-state index contributed by atoms with van der Waals surface area (Å²) in [7, 11) is 1.64. The molecule has 0 aromatic heterocycles. The van der Waals surface area contributed by atoms with Gasteiger partial charge in [-0.3, -0.25) is 4.79 Å². The van der Waals surface area contributed by atoms with E-state index in [1.54, 1.807) is 7.11 Å². The van der Waals surface area contributed by atoms with Crippen LogP contribution in [0.1, 0.15) is 33.3 Å². The molecule has 1 atom stereocenters. The molecule has 0 saturated carbocycles. The van der Waals surface area contributed by atoms with Gasteiger partial charge in [0.25, 0.3) is 0 Å². The maximum absolute atomic E-state index is 11.8. The lowest BCUT2D eigenvalue weighted by atomic mass is 10.0. The van der Waals surface area contributed by atoms with Gasteiger partial charge in [0.1, 0.15) is 11.4 Å². The van der Waals surface area contributed by atoms with Gasteiger partial charge in [-0.25, -0.2) is 0 Å². The van der Waals surface area contributed by atoms with Gasteiger partial charge in [-0.15, -0.1) is 0 Å². The van der Waals surface area contributed by atoms with E-state index in [0.717, 1.165) is 11.3 Å². The van der Waals surface area contributed by atoms with Crippen LogP contribution >= 0.6 is 0 Å². The summed E-state index contributed by atoms with van der Waals surface area (Å²) in [5.74, 6) is 0.527. The fourth-order valence-corrected chi connectivity index (χ4v) is 1.60. The molecule has 0 spiro atoms. The van der Waals surface area contributed by atoms with Crippen LogP contribution in [0.25, 0.3) is 0 Å². The highest BCUT2D eigenvalue weighted by Crippen LogP contribution is 2.17. The van der Waals surface area contributed by atoms with E-state index in [2.05, 4.69) is 0 Å². The van der Waals surface area contributed by atoms with E-state index < -0.39 is 5.60 Å². The van der Waals surface area contributed by atoms with Gasteiger partial charge in [0.05, 0.1) is 13.0 Å². The highest BCUT2D eigenvalue weighted by atomic mass is 16.6. The number of ether oxygens (including phenoxy) is 2. The van der Waals surface area contributed by atoms with Crippen LogP contribution in [0.3, 0.4) is 0 Å². The van der Waals surface area contributed by atoms with Gasteiger partial charge in [0.2, 0.25) is 0 Å². The molecule has 1 aromatic carbocycles. The van der Waals surface area contributed by atoms with E-state index in [4.69, 9.17) is 9.47 Å². The highest BCUT2D eigenvalue weighted by molar-refractivity contribution is 5.72. The maximum Gasteiger partial charge on any atom is 0.309 e. The topological polar surface area (TPSA) is 35.5 Å². The number of rotatable bonds is 4. The van der Waals surface area contributed by atoms with E-state index in [9.17, 15) is 4.79 Å². The molecule has 0 bridgehead atoms. The van der Waals surface area contributed by atoms with Crippen LogP contribution in [0.5, 0.6) is 5.75 Å². The molecule has 1 aromatic rings. The summed E-state index contributed by atoms with van der Waals surface area (Å²) in [6.07, 6.45) is 0.679. The Morgan fingerprint density at radius 3 is 2.22 bits per heavy atom. The van der Waals surface area contributed by atoms with Gasteiger partial charge in [-0.05, 0) is 44.9 Å². The second kappa shape index (κ2) is 5.89. The fourth-order valence-electron chi connectivity index (χ4n) is 1.60. The SMILES string of the molecule is COc1ccc(C[C@@H](C)C(=O)OC(C)(C)C)cc1. The Labute approximate surface area is 109 Å². The van der Waals surface area contributed by atoms with E-state index in [-0.39, 0.29) is 11.9 Å². The second-order valence-electron chi connectivity index (χ2n) is 5.49. The van der Waals surface area contributed by atoms with Crippen LogP contribution in [0, 0.1) is 5.92 Å². The maximum atomic E-state index is 11.8. The Bertz CT molecular complexity index is 387. The van der Waals surface area contributed by atoms with Crippen molar-refractivity contribution in [1.82, 2.24) is 0 Å². The van der Waals surface area contributed by atoms with E-state index in [1.807, 2.05) is 52.0 Å². The normalized spacial score (nSPS) is 12.9. The molecular formula is C15H22O3. The minimum atomic E-state index is -0.425. The van der Waals surface area contributed by atoms with E-state index in [1.165, 1.54) is 0 Å². The predicted molar refractivity (Wildman–Crippen MR) is 71.7 cm³/mol. The van der Waals surface area contributed by atoms with Crippen LogP contribution in [-0.4, -0.2) is 18.7 Å². The minimum Gasteiger partial charge on any atom is -0.497 e. The first-order valence-electron chi connectivity index (χ1n) is 6.17. The third kappa shape index (κ3) is 4.78. The lowest BCUT2D eigenvalue weighted by molar-refractivity contribution is -0.159. The van der Waals surface area contributed by atoms with Crippen molar-refractivity contribution in [3.63, 3.8) is 0 Å². The Kier molecular flexibility index (Phi) is 4.76. The van der Waals surface area contributed by atoms with Crippen LogP contribution in [0.2, 0.25) is 0 Å². The molecule has 100 valence electrons. The quantitative estimate of drug-likeness (QED) is 0.770.